The molecule has 9 heteroatoms. The van der Waals surface area contributed by atoms with Crippen LogP contribution in [0.4, 0.5) is 5.82 Å². The van der Waals surface area contributed by atoms with Crippen LogP contribution in [0.2, 0.25) is 0 Å². The van der Waals surface area contributed by atoms with E-state index in [0.29, 0.717) is 13.1 Å². The van der Waals surface area contributed by atoms with Crippen LogP contribution in [-0.4, -0.2) is 42.7 Å². The van der Waals surface area contributed by atoms with E-state index in [2.05, 4.69) is 20.4 Å². The van der Waals surface area contributed by atoms with Gasteiger partial charge in [0.25, 0.3) is 5.91 Å². The van der Waals surface area contributed by atoms with Crippen molar-refractivity contribution < 1.29 is 9.72 Å². The van der Waals surface area contributed by atoms with E-state index in [1.165, 1.54) is 0 Å². The smallest absolute Gasteiger partial charge is 0.343 e. The highest BCUT2D eigenvalue weighted by Crippen LogP contribution is 2.26. The van der Waals surface area contributed by atoms with E-state index in [0.717, 1.165) is 17.3 Å². The highest BCUT2D eigenvalue weighted by atomic mass is 16.6. The Balaban J connectivity index is 1.83. The number of carbonyl (C=O) groups excluding carboxylic acids is 1. The Bertz CT molecular complexity index is 675. The monoisotopic (exact) mass is 276 g/mol. The van der Waals surface area contributed by atoms with E-state index in [-0.39, 0.29) is 23.3 Å². The molecule has 20 heavy (non-hydrogen) atoms. The number of fused-ring (bicyclic) bond motifs is 1. The van der Waals surface area contributed by atoms with Crippen molar-refractivity contribution in [1.82, 2.24) is 25.3 Å². The van der Waals surface area contributed by atoms with E-state index in [4.69, 9.17) is 0 Å². The number of hydrogen-bond acceptors (Lipinski definition) is 5. The Hall–Kier alpha value is -2.71. The maximum absolute atomic E-state index is 12.3. The molecule has 0 saturated heterocycles. The van der Waals surface area contributed by atoms with Crippen molar-refractivity contribution >= 4 is 11.7 Å². The van der Waals surface area contributed by atoms with Crippen molar-refractivity contribution in [3.8, 4) is 0 Å². The van der Waals surface area contributed by atoms with Crippen molar-refractivity contribution in [3.63, 3.8) is 0 Å². The molecule has 1 aliphatic heterocycles. The van der Waals surface area contributed by atoms with Crippen molar-refractivity contribution in [2.45, 2.75) is 19.4 Å². The summed E-state index contributed by atoms with van der Waals surface area (Å²) in [5.41, 5.74) is 2.04. The van der Waals surface area contributed by atoms with Gasteiger partial charge >= 0.3 is 5.82 Å². The number of aromatic nitrogens is 4. The van der Waals surface area contributed by atoms with Gasteiger partial charge in [-0.2, -0.15) is 5.10 Å². The van der Waals surface area contributed by atoms with Crippen LogP contribution < -0.4 is 0 Å². The first kappa shape index (κ1) is 12.3. The highest BCUT2D eigenvalue weighted by molar-refractivity contribution is 5.93. The molecule has 2 N–H and O–H groups in total. The lowest BCUT2D eigenvalue weighted by atomic mass is 9.98. The second-order valence-electron chi connectivity index (χ2n) is 4.79. The molecule has 3 rings (SSSR count). The van der Waals surface area contributed by atoms with E-state index in [1.54, 1.807) is 11.1 Å². The zero-order chi connectivity index (χ0) is 14.3. The van der Waals surface area contributed by atoms with Crippen molar-refractivity contribution in [2.24, 2.45) is 0 Å². The van der Waals surface area contributed by atoms with Gasteiger partial charge in [-0.3, -0.25) is 9.89 Å². The molecule has 9 nitrogen and oxygen atoms in total. The molecule has 0 aliphatic carbocycles. The summed E-state index contributed by atoms with van der Waals surface area (Å²) in [7, 11) is 0. The van der Waals surface area contributed by atoms with Crippen LogP contribution in [0.15, 0.2) is 12.3 Å². The largest absolute Gasteiger partial charge is 0.358 e. The number of amides is 1. The minimum absolute atomic E-state index is 0.0517. The lowest BCUT2D eigenvalue weighted by molar-refractivity contribution is -0.389. The number of aromatic amines is 2. The maximum Gasteiger partial charge on any atom is 0.343 e. The second-order valence-corrected chi connectivity index (χ2v) is 4.79. The van der Waals surface area contributed by atoms with Crippen LogP contribution in [0, 0.1) is 10.1 Å². The molecule has 2 aromatic heterocycles. The Morgan fingerprint density at radius 1 is 1.55 bits per heavy atom. The molecule has 0 radical (unpaired) electrons. The third kappa shape index (κ3) is 1.92. The molecular weight excluding hydrogens is 264 g/mol. The van der Waals surface area contributed by atoms with Crippen LogP contribution in [0.5, 0.6) is 0 Å². The number of nitro groups is 1. The van der Waals surface area contributed by atoms with Gasteiger partial charge in [-0.1, -0.05) is 12.0 Å². The zero-order valence-corrected chi connectivity index (χ0v) is 10.7. The minimum Gasteiger partial charge on any atom is -0.358 e. The molecule has 0 aromatic carbocycles. The first-order valence-corrected chi connectivity index (χ1v) is 6.07. The summed E-state index contributed by atoms with van der Waals surface area (Å²) in [5.74, 6) is -0.477. The van der Waals surface area contributed by atoms with Crippen LogP contribution in [0.3, 0.4) is 0 Å². The Labute approximate surface area is 113 Å². The van der Waals surface area contributed by atoms with Gasteiger partial charge in [0.15, 0.2) is 5.69 Å². The fourth-order valence-corrected chi connectivity index (χ4v) is 2.40. The first-order chi connectivity index (χ1) is 9.56. The number of carbonyl (C=O) groups is 1. The highest BCUT2D eigenvalue weighted by Gasteiger charge is 2.29. The van der Waals surface area contributed by atoms with Crippen molar-refractivity contribution in [3.05, 3.63) is 39.3 Å². The average molecular weight is 276 g/mol. The van der Waals surface area contributed by atoms with Gasteiger partial charge in [0.2, 0.25) is 0 Å². The van der Waals surface area contributed by atoms with Crippen molar-refractivity contribution in [1.29, 1.82) is 0 Å². The summed E-state index contributed by atoms with van der Waals surface area (Å²) in [6.45, 7) is 2.94. The molecule has 0 saturated carbocycles. The molecule has 104 valence electrons. The van der Waals surface area contributed by atoms with Gasteiger partial charge < -0.3 is 15.0 Å². The molecule has 0 spiro atoms. The van der Waals surface area contributed by atoms with Crippen LogP contribution in [0.1, 0.15) is 34.6 Å². The van der Waals surface area contributed by atoms with E-state index < -0.39 is 4.92 Å². The van der Waals surface area contributed by atoms with Gasteiger partial charge in [-0.15, -0.1) is 5.10 Å². The first-order valence-electron chi connectivity index (χ1n) is 6.07. The predicted molar refractivity (Wildman–Crippen MR) is 67.0 cm³/mol. The third-order valence-electron chi connectivity index (χ3n) is 3.37. The third-order valence-corrected chi connectivity index (χ3v) is 3.37. The van der Waals surface area contributed by atoms with Gasteiger partial charge in [-0.05, 0) is 4.92 Å². The second kappa shape index (κ2) is 4.44. The summed E-state index contributed by atoms with van der Waals surface area (Å²) in [6.07, 6.45) is 1.69. The minimum atomic E-state index is -0.614. The van der Waals surface area contributed by atoms with Gasteiger partial charge in [0.05, 0.1) is 12.3 Å². The standard InChI is InChI=1S/C11H12N6O3/c1-6-4-16(5-7-3-12-15-10(6)7)11(18)8-2-9(14-13-8)17(19)20/h2-3,6H,4-5H2,1H3,(H,12,15)(H,13,14). The maximum atomic E-state index is 12.3. The number of nitrogens with zero attached hydrogens (tertiary/aromatic N) is 4. The zero-order valence-electron chi connectivity index (χ0n) is 10.7. The summed E-state index contributed by atoms with van der Waals surface area (Å²) < 4.78 is 0. The fraction of sp³-hybridized carbons (Fsp3) is 0.364. The van der Waals surface area contributed by atoms with Gasteiger partial charge in [-0.25, -0.2) is 0 Å². The summed E-state index contributed by atoms with van der Waals surface area (Å²) in [6, 6.07) is 1.15. The Morgan fingerprint density at radius 2 is 2.35 bits per heavy atom. The molecule has 1 atom stereocenters. The van der Waals surface area contributed by atoms with Crippen LogP contribution in [-0.2, 0) is 6.54 Å². The molecule has 3 heterocycles. The lowest BCUT2D eigenvalue weighted by Gasteiger charge is -2.29. The van der Waals surface area contributed by atoms with Crippen molar-refractivity contribution in [2.75, 3.05) is 6.54 Å². The Kier molecular flexibility index (Phi) is 2.74. The van der Waals surface area contributed by atoms with E-state index in [1.807, 2.05) is 6.92 Å². The predicted octanol–water partition coefficient (Wildman–Crippen LogP) is 0.800. The number of nitrogens with one attached hydrogen (secondary N) is 2. The summed E-state index contributed by atoms with van der Waals surface area (Å²) >= 11 is 0. The van der Waals surface area contributed by atoms with Crippen LogP contribution in [0.25, 0.3) is 0 Å². The number of rotatable bonds is 2. The quantitative estimate of drug-likeness (QED) is 0.620. The SMILES string of the molecule is CC1CN(C(=O)c2cc([N+](=O)[O-])[nH]n2)Cc2cn[nH]c21. The van der Waals surface area contributed by atoms with Gasteiger partial charge in [0.1, 0.15) is 0 Å². The molecule has 1 aliphatic rings. The Morgan fingerprint density at radius 3 is 3.05 bits per heavy atom. The normalized spacial score (nSPS) is 17.9. The summed E-state index contributed by atoms with van der Waals surface area (Å²) in [5, 5.41) is 23.4. The fourth-order valence-electron chi connectivity index (χ4n) is 2.40. The van der Waals surface area contributed by atoms with Gasteiger partial charge in [0, 0.05) is 30.3 Å². The van der Waals surface area contributed by atoms with Crippen LogP contribution >= 0.6 is 0 Å². The molecular formula is C11H12N6O3. The molecule has 0 fully saturated rings. The number of H-pyrrole nitrogens is 2. The molecule has 1 amide bonds. The number of hydrogen-bond donors (Lipinski definition) is 2. The average Bonchev–Trinajstić information content (AvgIpc) is 3.06. The molecule has 2 aromatic rings. The van der Waals surface area contributed by atoms with E-state index >= 15 is 0 Å². The van der Waals surface area contributed by atoms with E-state index in [9.17, 15) is 14.9 Å². The topological polar surface area (TPSA) is 121 Å². The molecule has 1 unspecified atom stereocenters. The summed E-state index contributed by atoms with van der Waals surface area (Å²) in [4.78, 5) is 23.9. The lowest BCUT2D eigenvalue weighted by Crippen LogP contribution is -2.37. The molecule has 0 bridgehead atoms.